The summed E-state index contributed by atoms with van der Waals surface area (Å²) in [5.41, 5.74) is 0. The van der Waals surface area contributed by atoms with E-state index in [2.05, 4.69) is 26.0 Å². The highest BCUT2D eigenvalue weighted by molar-refractivity contribution is 5.69. The molecular weight excluding hydrogens is 448 g/mol. The summed E-state index contributed by atoms with van der Waals surface area (Å²) in [5.74, 6) is -0.736. The highest BCUT2D eigenvalue weighted by Gasteiger charge is 2.14. The summed E-state index contributed by atoms with van der Waals surface area (Å²) in [6.45, 7) is 4.48. The number of esters is 1. The number of carboxylic acid groups (broad SMARTS) is 1. The van der Waals surface area contributed by atoms with Crippen molar-refractivity contribution in [2.45, 2.75) is 180 Å². The van der Waals surface area contributed by atoms with Gasteiger partial charge in [-0.1, -0.05) is 116 Å². The van der Waals surface area contributed by atoms with Gasteiger partial charge in [-0.2, -0.15) is 0 Å². The summed E-state index contributed by atoms with van der Waals surface area (Å²) in [7, 11) is 0. The van der Waals surface area contributed by atoms with Crippen LogP contribution in [0.15, 0.2) is 12.2 Å². The Hall–Kier alpha value is -1.32. The molecule has 0 saturated carbocycles. The van der Waals surface area contributed by atoms with Gasteiger partial charge in [0.15, 0.2) is 0 Å². The predicted molar refractivity (Wildman–Crippen MR) is 153 cm³/mol. The maximum Gasteiger partial charge on any atom is 0.306 e. The van der Waals surface area contributed by atoms with E-state index >= 15 is 0 Å². The van der Waals surface area contributed by atoms with Crippen LogP contribution in [-0.4, -0.2) is 23.1 Å². The van der Waals surface area contributed by atoms with E-state index < -0.39 is 5.97 Å². The predicted octanol–water partition coefficient (Wildman–Crippen LogP) is 10.3. The summed E-state index contributed by atoms with van der Waals surface area (Å²) < 4.78 is 5.90. The second-order valence-electron chi connectivity index (χ2n) is 10.6. The number of carbonyl (C=O) groups excluding carboxylic acids is 1. The molecule has 36 heavy (non-hydrogen) atoms. The molecule has 0 aromatic carbocycles. The van der Waals surface area contributed by atoms with E-state index in [0.29, 0.717) is 6.42 Å². The minimum Gasteiger partial charge on any atom is -0.481 e. The van der Waals surface area contributed by atoms with Crippen LogP contribution in [0, 0.1) is 0 Å². The molecule has 0 spiro atoms. The van der Waals surface area contributed by atoms with Gasteiger partial charge in [0.1, 0.15) is 6.10 Å². The molecule has 0 saturated heterocycles. The van der Waals surface area contributed by atoms with Gasteiger partial charge in [-0.05, 0) is 57.8 Å². The Labute approximate surface area is 224 Å². The summed E-state index contributed by atoms with van der Waals surface area (Å²) in [6, 6.07) is 0. The third kappa shape index (κ3) is 27.3. The normalized spacial score (nSPS) is 12.3. The first-order valence-electron chi connectivity index (χ1n) is 15.7. The molecule has 0 heterocycles. The third-order valence-corrected chi connectivity index (χ3v) is 6.99. The monoisotopic (exact) mass is 508 g/mol. The summed E-state index contributed by atoms with van der Waals surface area (Å²) in [5, 5.41) is 8.78. The van der Waals surface area contributed by atoms with Crippen LogP contribution in [0.25, 0.3) is 0 Å². The average molecular weight is 509 g/mol. The molecule has 0 rings (SSSR count). The number of rotatable bonds is 28. The van der Waals surface area contributed by atoms with Gasteiger partial charge in [0.05, 0.1) is 0 Å². The number of hydrogen-bond donors (Lipinski definition) is 1. The molecule has 0 aromatic rings. The fourth-order valence-corrected chi connectivity index (χ4v) is 4.63. The zero-order chi connectivity index (χ0) is 26.5. The van der Waals surface area contributed by atoms with Crippen molar-refractivity contribution >= 4 is 11.9 Å². The molecule has 1 N–H and O–H groups in total. The Morgan fingerprint density at radius 1 is 0.583 bits per heavy atom. The molecule has 1 unspecified atom stereocenters. The molecule has 1 atom stereocenters. The van der Waals surface area contributed by atoms with Crippen LogP contribution in [0.3, 0.4) is 0 Å². The van der Waals surface area contributed by atoms with Crippen LogP contribution in [0.2, 0.25) is 0 Å². The number of aliphatic carboxylic acids is 1. The molecule has 0 aliphatic rings. The lowest BCUT2D eigenvalue weighted by Gasteiger charge is -2.18. The van der Waals surface area contributed by atoms with Crippen molar-refractivity contribution in [1.29, 1.82) is 0 Å². The number of hydrogen-bond acceptors (Lipinski definition) is 3. The lowest BCUT2D eigenvalue weighted by molar-refractivity contribution is -0.150. The van der Waals surface area contributed by atoms with Crippen LogP contribution < -0.4 is 0 Å². The van der Waals surface area contributed by atoms with Crippen LogP contribution in [0.1, 0.15) is 174 Å². The first kappa shape index (κ1) is 34.7. The number of allylic oxidation sites excluding steroid dienone is 2. The zero-order valence-electron chi connectivity index (χ0n) is 24.1. The maximum absolute atomic E-state index is 12.5. The van der Waals surface area contributed by atoms with Crippen molar-refractivity contribution in [3.05, 3.63) is 12.2 Å². The summed E-state index contributed by atoms with van der Waals surface area (Å²) >= 11 is 0. The Bertz CT molecular complexity index is 514. The minimum absolute atomic E-state index is 0.0238. The largest absolute Gasteiger partial charge is 0.481 e. The van der Waals surface area contributed by atoms with Gasteiger partial charge in [-0.25, -0.2) is 0 Å². The number of unbranched alkanes of at least 4 members (excludes halogenated alkanes) is 17. The van der Waals surface area contributed by atoms with Crippen LogP contribution in [0.5, 0.6) is 0 Å². The number of ether oxygens (including phenoxy) is 1. The highest BCUT2D eigenvalue weighted by atomic mass is 16.5. The van der Waals surface area contributed by atoms with Gasteiger partial charge in [-0.3, -0.25) is 9.59 Å². The van der Waals surface area contributed by atoms with Crippen molar-refractivity contribution in [1.82, 2.24) is 0 Å². The lowest BCUT2D eigenvalue weighted by Crippen LogP contribution is -2.18. The SMILES string of the molecule is CCCC/C=C\CCCCCCCC(=O)OC(CCCCCCCCCC)CCCCCCC(=O)O. The van der Waals surface area contributed by atoms with Crippen LogP contribution in [-0.2, 0) is 14.3 Å². The van der Waals surface area contributed by atoms with E-state index in [1.165, 1.54) is 89.9 Å². The number of carbonyl (C=O) groups is 2. The molecule has 4 heteroatoms. The van der Waals surface area contributed by atoms with Gasteiger partial charge in [-0.15, -0.1) is 0 Å². The van der Waals surface area contributed by atoms with E-state index in [-0.39, 0.29) is 18.5 Å². The minimum atomic E-state index is -0.712. The second-order valence-corrected chi connectivity index (χ2v) is 10.6. The molecule has 0 radical (unpaired) electrons. The fourth-order valence-electron chi connectivity index (χ4n) is 4.63. The zero-order valence-corrected chi connectivity index (χ0v) is 24.1. The molecular formula is C32H60O4. The molecule has 0 bridgehead atoms. The molecule has 0 aromatic heterocycles. The Kier molecular flexibility index (Phi) is 27.2. The molecule has 0 fully saturated rings. The topological polar surface area (TPSA) is 63.6 Å². The molecule has 0 aliphatic carbocycles. The third-order valence-electron chi connectivity index (χ3n) is 6.99. The van der Waals surface area contributed by atoms with Gasteiger partial charge in [0, 0.05) is 12.8 Å². The molecule has 212 valence electrons. The lowest BCUT2D eigenvalue weighted by atomic mass is 10.0. The van der Waals surface area contributed by atoms with E-state index in [0.717, 1.165) is 57.8 Å². The standard InChI is InChI=1S/C32H60O4/c1-3-5-7-9-11-13-14-15-17-19-25-29-32(35)36-30(27-23-20-21-24-28-31(33)34)26-22-18-16-12-10-8-6-4-2/h9,11,30H,3-8,10,12-29H2,1-2H3,(H,33,34)/b11-9-. The fraction of sp³-hybridized carbons (Fsp3) is 0.875. The van der Waals surface area contributed by atoms with Crippen LogP contribution in [0.4, 0.5) is 0 Å². The number of carboxylic acids is 1. The first-order chi connectivity index (χ1) is 17.6. The van der Waals surface area contributed by atoms with E-state index in [1.807, 2.05) is 0 Å². The Balaban J connectivity index is 4.03. The van der Waals surface area contributed by atoms with Crippen molar-refractivity contribution < 1.29 is 19.4 Å². The Morgan fingerprint density at radius 3 is 1.58 bits per heavy atom. The highest BCUT2D eigenvalue weighted by Crippen LogP contribution is 2.18. The molecule has 0 amide bonds. The van der Waals surface area contributed by atoms with Crippen molar-refractivity contribution in [2.24, 2.45) is 0 Å². The average Bonchev–Trinajstić information content (AvgIpc) is 2.85. The van der Waals surface area contributed by atoms with E-state index in [4.69, 9.17) is 9.84 Å². The van der Waals surface area contributed by atoms with Gasteiger partial charge < -0.3 is 9.84 Å². The summed E-state index contributed by atoms with van der Waals surface area (Å²) in [4.78, 5) is 23.1. The van der Waals surface area contributed by atoms with Gasteiger partial charge >= 0.3 is 11.9 Å². The van der Waals surface area contributed by atoms with Gasteiger partial charge in [0.2, 0.25) is 0 Å². The van der Waals surface area contributed by atoms with Gasteiger partial charge in [0.25, 0.3) is 0 Å². The van der Waals surface area contributed by atoms with Crippen molar-refractivity contribution in [3.63, 3.8) is 0 Å². The van der Waals surface area contributed by atoms with Crippen LogP contribution >= 0.6 is 0 Å². The summed E-state index contributed by atoms with van der Waals surface area (Å²) in [6.07, 6.45) is 32.1. The van der Waals surface area contributed by atoms with Crippen molar-refractivity contribution in [3.8, 4) is 0 Å². The second kappa shape index (κ2) is 28.3. The molecule has 4 nitrogen and oxygen atoms in total. The first-order valence-corrected chi connectivity index (χ1v) is 15.7. The molecule has 0 aliphatic heterocycles. The van der Waals surface area contributed by atoms with E-state index in [9.17, 15) is 9.59 Å². The van der Waals surface area contributed by atoms with Crippen molar-refractivity contribution in [2.75, 3.05) is 0 Å². The Morgan fingerprint density at radius 2 is 1.03 bits per heavy atom. The smallest absolute Gasteiger partial charge is 0.306 e. The maximum atomic E-state index is 12.5. The van der Waals surface area contributed by atoms with E-state index in [1.54, 1.807) is 0 Å². The quantitative estimate of drug-likeness (QED) is 0.0648.